The van der Waals surface area contributed by atoms with E-state index in [2.05, 4.69) is 53.7 Å². The third-order valence-corrected chi connectivity index (χ3v) is 4.01. The van der Waals surface area contributed by atoms with E-state index in [-0.39, 0.29) is 0 Å². The number of nitrogens with zero attached hydrogens (tertiary/aromatic N) is 1. The summed E-state index contributed by atoms with van der Waals surface area (Å²) < 4.78 is 2.59. The fraction of sp³-hybridized carbons (Fsp3) is 0.167. The highest BCUT2D eigenvalue weighted by Gasteiger charge is 2.11. The lowest BCUT2D eigenvalue weighted by atomic mass is 10.1. The number of aryl methyl sites for hydroxylation is 2. The van der Waals surface area contributed by atoms with E-state index in [9.17, 15) is 0 Å². The van der Waals surface area contributed by atoms with Gasteiger partial charge in [-0.2, -0.15) is 0 Å². The third-order valence-electron chi connectivity index (χ3n) is 3.73. The minimum absolute atomic E-state index is 0.663. The molecule has 0 aliphatic heterocycles. The molecule has 1 aromatic heterocycles. The largest absolute Gasteiger partial charge is 0.333 e. The van der Waals surface area contributed by atoms with Crippen molar-refractivity contribution in [1.29, 1.82) is 0 Å². The van der Waals surface area contributed by atoms with Gasteiger partial charge in [-0.05, 0) is 43.3 Å². The standard InChI is InChI=1S/C18H19N3S/c1-3-14-9-11-16(12-10-14)20-21-17(13(2)19-18(21)22)15-7-5-4-6-8-15/h4-12,20H,3H2,1-2H3,(H,19,22). The molecule has 0 unspecified atom stereocenters. The summed E-state index contributed by atoms with van der Waals surface area (Å²) in [6.45, 7) is 4.19. The number of anilines is 1. The van der Waals surface area contributed by atoms with Crippen LogP contribution in [0.15, 0.2) is 54.6 Å². The quantitative estimate of drug-likeness (QED) is 0.668. The van der Waals surface area contributed by atoms with Crippen LogP contribution in [-0.4, -0.2) is 9.66 Å². The molecule has 3 rings (SSSR count). The van der Waals surface area contributed by atoms with Crippen LogP contribution in [-0.2, 0) is 6.42 Å². The highest BCUT2D eigenvalue weighted by atomic mass is 32.1. The molecule has 0 radical (unpaired) electrons. The average molecular weight is 309 g/mol. The summed E-state index contributed by atoms with van der Waals surface area (Å²) in [5, 5.41) is 0. The zero-order valence-electron chi connectivity index (χ0n) is 12.8. The van der Waals surface area contributed by atoms with Crippen molar-refractivity contribution >= 4 is 17.9 Å². The Bertz CT molecular complexity index is 814. The molecule has 22 heavy (non-hydrogen) atoms. The first-order valence-electron chi connectivity index (χ1n) is 7.42. The van der Waals surface area contributed by atoms with Gasteiger partial charge < -0.3 is 4.98 Å². The molecular weight excluding hydrogens is 290 g/mol. The van der Waals surface area contributed by atoms with Gasteiger partial charge in [0.25, 0.3) is 0 Å². The summed E-state index contributed by atoms with van der Waals surface area (Å²) in [5.74, 6) is 0. The van der Waals surface area contributed by atoms with Gasteiger partial charge in [-0.15, -0.1) is 0 Å². The number of rotatable bonds is 4. The van der Waals surface area contributed by atoms with E-state index in [1.807, 2.05) is 29.8 Å². The number of imidazole rings is 1. The molecule has 4 heteroatoms. The van der Waals surface area contributed by atoms with Gasteiger partial charge in [0.15, 0.2) is 4.77 Å². The minimum atomic E-state index is 0.663. The number of benzene rings is 2. The van der Waals surface area contributed by atoms with Crippen LogP contribution in [0.25, 0.3) is 11.3 Å². The van der Waals surface area contributed by atoms with Crippen molar-refractivity contribution < 1.29 is 0 Å². The van der Waals surface area contributed by atoms with Crippen LogP contribution in [0.5, 0.6) is 0 Å². The van der Waals surface area contributed by atoms with Crippen molar-refractivity contribution in [2.45, 2.75) is 20.3 Å². The molecule has 0 fully saturated rings. The molecule has 0 aliphatic carbocycles. The molecule has 3 nitrogen and oxygen atoms in total. The SMILES string of the molecule is CCc1ccc(Nn2c(-c3ccccc3)c(C)[nH]c2=S)cc1. The molecule has 2 aromatic carbocycles. The van der Waals surface area contributed by atoms with Gasteiger partial charge in [0.05, 0.1) is 11.4 Å². The van der Waals surface area contributed by atoms with Crippen molar-refractivity contribution in [2.24, 2.45) is 0 Å². The second-order valence-corrected chi connectivity index (χ2v) is 5.65. The molecule has 0 aliphatic rings. The molecule has 1 heterocycles. The predicted octanol–water partition coefficient (Wildman–Crippen LogP) is 4.96. The molecule has 0 spiro atoms. The van der Waals surface area contributed by atoms with Gasteiger partial charge >= 0.3 is 0 Å². The van der Waals surface area contributed by atoms with E-state index >= 15 is 0 Å². The van der Waals surface area contributed by atoms with E-state index < -0.39 is 0 Å². The molecule has 2 N–H and O–H groups in total. The number of aromatic nitrogens is 2. The van der Waals surface area contributed by atoms with Crippen LogP contribution in [0.4, 0.5) is 5.69 Å². The first-order chi connectivity index (χ1) is 10.7. The van der Waals surface area contributed by atoms with Crippen molar-refractivity contribution in [3.05, 3.63) is 70.6 Å². The van der Waals surface area contributed by atoms with Crippen molar-refractivity contribution in [3.8, 4) is 11.3 Å². The van der Waals surface area contributed by atoms with E-state index in [1.165, 1.54) is 5.56 Å². The monoisotopic (exact) mass is 309 g/mol. The van der Waals surface area contributed by atoms with E-state index in [1.54, 1.807) is 0 Å². The van der Waals surface area contributed by atoms with Gasteiger partial charge in [0, 0.05) is 11.3 Å². The molecule has 0 atom stereocenters. The van der Waals surface area contributed by atoms with Crippen molar-refractivity contribution in [3.63, 3.8) is 0 Å². The summed E-state index contributed by atoms with van der Waals surface area (Å²) in [4.78, 5) is 3.23. The van der Waals surface area contributed by atoms with E-state index in [4.69, 9.17) is 12.2 Å². The maximum atomic E-state index is 5.45. The zero-order chi connectivity index (χ0) is 15.5. The number of nitrogens with one attached hydrogen (secondary N) is 2. The molecule has 3 aromatic rings. The summed E-state index contributed by atoms with van der Waals surface area (Å²) in [7, 11) is 0. The Morgan fingerprint density at radius 1 is 1.05 bits per heavy atom. The molecule has 0 saturated heterocycles. The van der Waals surface area contributed by atoms with Crippen LogP contribution >= 0.6 is 12.2 Å². The van der Waals surface area contributed by atoms with Crippen LogP contribution in [0.1, 0.15) is 18.2 Å². The van der Waals surface area contributed by atoms with Crippen molar-refractivity contribution in [1.82, 2.24) is 9.66 Å². The second kappa shape index (κ2) is 6.20. The van der Waals surface area contributed by atoms with Gasteiger partial charge in [0.1, 0.15) is 0 Å². The summed E-state index contributed by atoms with van der Waals surface area (Å²) >= 11 is 5.45. The molecule has 0 bridgehead atoms. The Labute approximate surface area is 135 Å². The maximum Gasteiger partial charge on any atom is 0.197 e. The topological polar surface area (TPSA) is 32.8 Å². The number of hydrogen-bond donors (Lipinski definition) is 2. The van der Waals surface area contributed by atoms with Crippen LogP contribution < -0.4 is 5.43 Å². The summed E-state index contributed by atoms with van der Waals surface area (Å²) in [5.41, 5.74) is 8.97. The van der Waals surface area contributed by atoms with Gasteiger partial charge in [-0.3, -0.25) is 5.43 Å². The third kappa shape index (κ3) is 2.83. The Balaban J connectivity index is 2.01. The molecule has 0 amide bonds. The molecule has 0 saturated carbocycles. The lowest BCUT2D eigenvalue weighted by Gasteiger charge is -2.12. The highest BCUT2D eigenvalue weighted by molar-refractivity contribution is 7.71. The lowest BCUT2D eigenvalue weighted by molar-refractivity contribution is 0.941. The van der Waals surface area contributed by atoms with Gasteiger partial charge in [-0.25, -0.2) is 4.68 Å². The number of aromatic amines is 1. The van der Waals surface area contributed by atoms with Crippen LogP contribution in [0.2, 0.25) is 0 Å². The number of hydrogen-bond acceptors (Lipinski definition) is 2. The average Bonchev–Trinajstić information content (AvgIpc) is 2.83. The molecular formula is C18H19N3S. The predicted molar refractivity (Wildman–Crippen MR) is 94.6 cm³/mol. The zero-order valence-corrected chi connectivity index (χ0v) is 13.6. The lowest BCUT2D eigenvalue weighted by Crippen LogP contribution is -2.11. The Hall–Kier alpha value is -2.33. The van der Waals surface area contributed by atoms with Crippen LogP contribution in [0, 0.1) is 11.7 Å². The van der Waals surface area contributed by atoms with E-state index in [0.717, 1.165) is 29.1 Å². The fourth-order valence-electron chi connectivity index (χ4n) is 2.54. The van der Waals surface area contributed by atoms with E-state index in [0.29, 0.717) is 4.77 Å². The first-order valence-corrected chi connectivity index (χ1v) is 7.83. The summed E-state index contributed by atoms with van der Waals surface area (Å²) in [6, 6.07) is 18.7. The minimum Gasteiger partial charge on any atom is -0.333 e. The van der Waals surface area contributed by atoms with Gasteiger partial charge in [-0.1, -0.05) is 49.4 Å². The smallest absolute Gasteiger partial charge is 0.197 e. The second-order valence-electron chi connectivity index (χ2n) is 5.27. The van der Waals surface area contributed by atoms with Crippen LogP contribution in [0.3, 0.4) is 0 Å². The van der Waals surface area contributed by atoms with Gasteiger partial charge in [0.2, 0.25) is 0 Å². The Morgan fingerprint density at radius 3 is 2.36 bits per heavy atom. The highest BCUT2D eigenvalue weighted by Crippen LogP contribution is 2.24. The maximum absolute atomic E-state index is 5.45. The normalized spacial score (nSPS) is 10.6. The first kappa shape index (κ1) is 14.6. The Morgan fingerprint density at radius 2 is 1.73 bits per heavy atom. The Kier molecular flexibility index (Phi) is 4.11. The molecule has 112 valence electrons. The van der Waals surface area contributed by atoms with Crippen molar-refractivity contribution in [2.75, 3.05) is 5.43 Å². The number of H-pyrrole nitrogens is 1. The fourth-order valence-corrected chi connectivity index (χ4v) is 2.83. The summed E-state index contributed by atoms with van der Waals surface area (Å²) in [6.07, 6.45) is 1.04.